The van der Waals surface area contributed by atoms with Crippen LogP contribution in [0.15, 0.2) is 60.8 Å². The van der Waals surface area contributed by atoms with Crippen LogP contribution in [-0.4, -0.2) is 16.2 Å². The highest BCUT2D eigenvalue weighted by molar-refractivity contribution is 5.57. The lowest BCUT2D eigenvalue weighted by molar-refractivity contribution is -0.140. The van der Waals surface area contributed by atoms with Gasteiger partial charge in [-0.25, -0.2) is 4.98 Å². The highest BCUT2D eigenvalue weighted by atomic mass is 19.4. The van der Waals surface area contributed by atoms with Gasteiger partial charge >= 0.3 is 6.18 Å². The maximum atomic E-state index is 13.1. The van der Waals surface area contributed by atoms with Crippen LogP contribution in [0.3, 0.4) is 0 Å². The molecule has 0 aliphatic carbocycles. The van der Waals surface area contributed by atoms with Gasteiger partial charge in [0.15, 0.2) is 5.69 Å². The van der Waals surface area contributed by atoms with Gasteiger partial charge in [-0.15, -0.1) is 0 Å². The molecule has 1 aromatic heterocycles. The lowest BCUT2D eigenvalue weighted by atomic mass is 10.1. The Bertz CT molecular complexity index is 942. The predicted molar refractivity (Wildman–Crippen MR) is 98.1 cm³/mol. The van der Waals surface area contributed by atoms with E-state index in [2.05, 4.69) is 4.98 Å². The van der Waals surface area contributed by atoms with E-state index >= 15 is 0 Å². The minimum atomic E-state index is -4.52. The number of rotatable bonds is 7. The van der Waals surface area contributed by atoms with Crippen molar-refractivity contribution >= 4 is 0 Å². The largest absolute Gasteiger partial charge is 0.434 e. The first-order valence-corrected chi connectivity index (χ1v) is 8.74. The molecule has 0 saturated carbocycles. The molecule has 0 amide bonds. The molecule has 0 aliphatic rings. The first-order valence-electron chi connectivity index (χ1n) is 8.74. The van der Waals surface area contributed by atoms with Crippen LogP contribution in [0.1, 0.15) is 23.2 Å². The molecule has 7 heteroatoms. The number of imidazole rings is 1. The molecular weight excluding hydrogens is 367 g/mol. The van der Waals surface area contributed by atoms with Crippen molar-refractivity contribution in [1.82, 2.24) is 9.55 Å². The molecule has 3 aromatic rings. The fourth-order valence-electron chi connectivity index (χ4n) is 2.75. The molecule has 4 nitrogen and oxygen atoms in total. The van der Waals surface area contributed by atoms with Crippen LogP contribution in [0.2, 0.25) is 0 Å². The summed E-state index contributed by atoms with van der Waals surface area (Å²) in [6.45, 7) is 1.22. The molecule has 144 valence electrons. The zero-order chi connectivity index (χ0) is 20.0. The van der Waals surface area contributed by atoms with Gasteiger partial charge in [-0.1, -0.05) is 30.3 Å². The van der Waals surface area contributed by atoms with E-state index in [1.807, 2.05) is 36.4 Å². The molecule has 0 saturated heterocycles. The smallest absolute Gasteiger partial charge is 0.377 e. The molecule has 0 fully saturated rings. The molecule has 28 heavy (non-hydrogen) atoms. The Morgan fingerprint density at radius 1 is 1.04 bits per heavy atom. The van der Waals surface area contributed by atoms with Gasteiger partial charge in [0.05, 0.1) is 18.2 Å². The summed E-state index contributed by atoms with van der Waals surface area (Å²) in [6.07, 6.45) is -2.95. The minimum Gasteiger partial charge on any atom is -0.377 e. The van der Waals surface area contributed by atoms with Crippen molar-refractivity contribution < 1.29 is 17.9 Å². The fourth-order valence-corrected chi connectivity index (χ4v) is 2.75. The number of hydrogen-bond acceptors (Lipinski definition) is 3. The summed E-state index contributed by atoms with van der Waals surface area (Å²) < 4.78 is 46.4. The van der Waals surface area contributed by atoms with Crippen molar-refractivity contribution in [1.29, 1.82) is 5.26 Å². The monoisotopic (exact) mass is 385 g/mol. The third-order valence-corrected chi connectivity index (χ3v) is 4.14. The van der Waals surface area contributed by atoms with Crippen LogP contribution in [0.5, 0.6) is 0 Å². The third-order valence-electron chi connectivity index (χ3n) is 4.14. The van der Waals surface area contributed by atoms with E-state index in [0.29, 0.717) is 37.3 Å². The molecule has 0 unspecified atom stereocenters. The van der Waals surface area contributed by atoms with Crippen LogP contribution >= 0.6 is 0 Å². The highest BCUT2D eigenvalue weighted by Gasteiger charge is 2.34. The lowest BCUT2D eigenvalue weighted by Gasteiger charge is -2.09. The van der Waals surface area contributed by atoms with Crippen LogP contribution in [0.25, 0.3) is 11.4 Å². The number of nitrogens with zero attached hydrogens (tertiary/aromatic N) is 3. The maximum Gasteiger partial charge on any atom is 0.434 e. The first-order chi connectivity index (χ1) is 13.5. The van der Waals surface area contributed by atoms with Gasteiger partial charge in [-0.05, 0) is 36.2 Å². The van der Waals surface area contributed by atoms with Crippen molar-refractivity contribution in [2.45, 2.75) is 25.7 Å². The molecular formula is C21H18F3N3O. The molecule has 0 atom stereocenters. The summed E-state index contributed by atoms with van der Waals surface area (Å²) in [5, 5.41) is 8.88. The molecule has 0 aliphatic heterocycles. The van der Waals surface area contributed by atoms with E-state index in [0.717, 1.165) is 11.8 Å². The van der Waals surface area contributed by atoms with Gasteiger partial charge in [0.25, 0.3) is 0 Å². The zero-order valence-corrected chi connectivity index (χ0v) is 15.0. The number of aromatic nitrogens is 2. The van der Waals surface area contributed by atoms with Crippen molar-refractivity contribution in [3.05, 3.63) is 77.6 Å². The molecule has 0 N–H and O–H groups in total. The molecule has 0 spiro atoms. The average Bonchev–Trinajstić information content (AvgIpc) is 3.13. The quantitative estimate of drug-likeness (QED) is 0.535. The molecule has 2 aromatic carbocycles. The van der Waals surface area contributed by atoms with Gasteiger partial charge in [0.1, 0.15) is 5.82 Å². The topological polar surface area (TPSA) is 50.8 Å². The molecule has 1 heterocycles. The van der Waals surface area contributed by atoms with E-state index in [9.17, 15) is 13.2 Å². The Hall–Kier alpha value is -3.11. The number of aryl methyl sites for hydroxylation is 1. The summed E-state index contributed by atoms with van der Waals surface area (Å²) in [7, 11) is 0. The Morgan fingerprint density at radius 3 is 2.39 bits per heavy atom. The summed E-state index contributed by atoms with van der Waals surface area (Å²) in [6, 6.07) is 18.0. The van der Waals surface area contributed by atoms with Gasteiger partial charge in [0, 0.05) is 24.9 Å². The number of ether oxygens (including phenoxy) is 1. The van der Waals surface area contributed by atoms with Crippen LogP contribution in [0, 0.1) is 11.3 Å². The first kappa shape index (κ1) is 19.6. The molecule has 3 rings (SSSR count). The van der Waals surface area contributed by atoms with Gasteiger partial charge in [0.2, 0.25) is 0 Å². The number of hydrogen-bond donors (Lipinski definition) is 0. The fraction of sp³-hybridized carbons (Fsp3) is 0.238. The maximum absolute atomic E-state index is 13.1. The minimum absolute atomic E-state index is 0.222. The standard InChI is InChI=1S/C21H18F3N3O/c22-21(23,24)19-14-27(11-4-12-28-15-17-5-2-1-3-6-17)20(26-19)18-9-7-16(13-25)8-10-18/h1-3,5-10,14H,4,11-12,15H2. The summed E-state index contributed by atoms with van der Waals surface area (Å²) in [5.41, 5.74) is 1.08. The Balaban J connectivity index is 1.68. The average molecular weight is 385 g/mol. The van der Waals surface area contributed by atoms with Gasteiger partial charge in [-0.3, -0.25) is 0 Å². The van der Waals surface area contributed by atoms with Crippen LogP contribution in [-0.2, 0) is 24.1 Å². The van der Waals surface area contributed by atoms with Crippen molar-refractivity contribution in [2.75, 3.05) is 6.61 Å². The van der Waals surface area contributed by atoms with E-state index < -0.39 is 11.9 Å². The zero-order valence-electron chi connectivity index (χ0n) is 15.0. The van der Waals surface area contributed by atoms with Crippen molar-refractivity contribution in [3.8, 4) is 17.5 Å². The van der Waals surface area contributed by atoms with E-state index in [1.54, 1.807) is 24.3 Å². The third kappa shape index (κ3) is 4.99. The number of alkyl halides is 3. The number of halogens is 3. The SMILES string of the molecule is N#Cc1ccc(-c2nc(C(F)(F)F)cn2CCCOCc2ccccc2)cc1. The van der Waals surface area contributed by atoms with Crippen molar-refractivity contribution in [2.24, 2.45) is 0 Å². The Morgan fingerprint density at radius 2 is 1.75 bits per heavy atom. The summed E-state index contributed by atoms with van der Waals surface area (Å²) in [4.78, 5) is 3.77. The second-order valence-electron chi connectivity index (χ2n) is 6.22. The normalized spacial score (nSPS) is 11.4. The van der Waals surface area contributed by atoms with E-state index in [-0.39, 0.29) is 5.82 Å². The van der Waals surface area contributed by atoms with E-state index in [1.165, 1.54) is 4.57 Å². The van der Waals surface area contributed by atoms with E-state index in [4.69, 9.17) is 10.00 Å². The number of nitriles is 1. The molecule has 0 radical (unpaired) electrons. The van der Waals surface area contributed by atoms with Crippen LogP contribution in [0.4, 0.5) is 13.2 Å². The second kappa shape index (κ2) is 8.72. The van der Waals surface area contributed by atoms with Crippen LogP contribution < -0.4 is 0 Å². The van der Waals surface area contributed by atoms with Gasteiger partial charge < -0.3 is 9.30 Å². The van der Waals surface area contributed by atoms with Gasteiger partial charge in [-0.2, -0.15) is 18.4 Å². The number of benzene rings is 2. The summed E-state index contributed by atoms with van der Waals surface area (Å²) >= 11 is 0. The predicted octanol–water partition coefficient (Wildman–Crippen LogP) is 5.05. The Kier molecular flexibility index (Phi) is 6.12. The Labute approximate surface area is 160 Å². The second-order valence-corrected chi connectivity index (χ2v) is 6.22. The highest BCUT2D eigenvalue weighted by Crippen LogP contribution is 2.31. The summed E-state index contributed by atoms with van der Waals surface area (Å²) in [5.74, 6) is 0.222. The lowest BCUT2D eigenvalue weighted by Crippen LogP contribution is -2.05. The molecule has 0 bridgehead atoms. The van der Waals surface area contributed by atoms with Crippen molar-refractivity contribution in [3.63, 3.8) is 0 Å².